The molecule has 1 amide bonds. The van der Waals surface area contributed by atoms with Crippen molar-refractivity contribution in [3.63, 3.8) is 0 Å². The van der Waals surface area contributed by atoms with Gasteiger partial charge in [-0.15, -0.1) is 0 Å². The average Bonchev–Trinajstić information content (AvgIpc) is 2.71. The number of likely N-dealkylation sites (tertiary alicyclic amines) is 1. The van der Waals surface area contributed by atoms with E-state index in [9.17, 15) is 4.79 Å². The third kappa shape index (κ3) is 2.16. The molecule has 0 unspecified atom stereocenters. The van der Waals surface area contributed by atoms with E-state index in [-0.39, 0.29) is 11.4 Å². The van der Waals surface area contributed by atoms with Gasteiger partial charge in [0.05, 0.1) is 6.34 Å². The van der Waals surface area contributed by atoms with Gasteiger partial charge < -0.3 is 4.90 Å². The number of aliphatic imine (C=N–C) groups is 1. The van der Waals surface area contributed by atoms with E-state index in [1.807, 2.05) is 18.0 Å². The summed E-state index contributed by atoms with van der Waals surface area (Å²) >= 11 is 0. The van der Waals surface area contributed by atoms with Crippen molar-refractivity contribution in [1.29, 1.82) is 0 Å². The summed E-state index contributed by atoms with van der Waals surface area (Å²) in [5.41, 5.74) is 0.980. The molecule has 0 atom stereocenters. The molecule has 0 radical (unpaired) electrons. The first-order valence-corrected chi connectivity index (χ1v) is 6.78. The van der Waals surface area contributed by atoms with Gasteiger partial charge in [-0.3, -0.25) is 9.69 Å². The van der Waals surface area contributed by atoms with Crippen LogP contribution in [-0.4, -0.2) is 47.7 Å². The van der Waals surface area contributed by atoms with Crippen LogP contribution in [0.4, 0.5) is 0 Å². The van der Waals surface area contributed by atoms with Crippen LogP contribution in [0.2, 0.25) is 0 Å². The maximum atomic E-state index is 12.0. The molecule has 19 heavy (non-hydrogen) atoms. The largest absolute Gasteiger partial charge is 0.351 e. The maximum Gasteiger partial charge on any atom is 0.273 e. The SMILES string of the molecule is CN1C=NC(=O)C12CCN(Cc1ccccc1)CC2. The summed E-state index contributed by atoms with van der Waals surface area (Å²) in [6.07, 6.45) is 3.42. The van der Waals surface area contributed by atoms with E-state index in [1.54, 1.807) is 6.34 Å². The Bertz CT molecular complexity index is 489. The Morgan fingerprint density at radius 2 is 1.89 bits per heavy atom. The Morgan fingerprint density at radius 1 is 1.21 bits per heavy atom. The highest BCUT2D eigenvalue weighted by atomic mass is 16.2. The van der Waals surface area contributed by atoms with Crippen molar-refractivity contribution in [2.24, 2.45) is 4.99 Å². The molecule has 1 aromatic carbocycles. The summed E-state index contributed by atoms with van der Waals surface area (Å²) in [7, 11) is 1.96. The van der Waals surface area contributed by atoms with E-state index in [1.165, 1.54) is 5.56 Å². The third-order valence-corrected chi connectivity index (χ3v) is 4.35. The van der Waals surface area contributed by atoms with Crippen LogP contribution in [0.15, 0.2) is 35.3 Å². The average molecular weight is 257 g/mol. The molecule has 100 valence electrons. The molecule has 1 fully saturated rings. The summed E-state index contributed by atoms with van der Waals surface area (Å²) in [5, 5.41) is 0. The Labute approximate surface area is 113 Å². The predicted molar refractivity (Wildman–Crippen MR) is 74.9 cm³/mol. The second-order valence-electron chi connectivity index (χ2n) is 5.45. The molecule has 0 bridgehead atoms. The number of nitrogens with zero attached hydrogens (tertiary/aromatic N) is 3. The zero-order valence-corrected chi connectivity index (χ0v) is 11.2. The van der Waals surface area contributed by atoms with Crippen LogP contribution in [0.5, 0.6) is 0 Å². The van der Waals surface area contributed by atoms with E-state index >= 15 is 0 Å². The van der Waals surface area contributed by atoms with Crippen molar-refractivity contribution in [3.05, 3.63) is 35.9 Å². The second kappa shape index (κ2) is 4.78. The zero-order chi connectivity index (χ0) is 13.3. The fourth-order valence-corrected chi connectivity index (χ4v) is 3.01. The highest BCUT2D eigenvalue weighted by molar-refractivity contribution is 5.98. The number of carbonyl (C=O) groups is 1. The van der Waals surface area contributed by atoms with Gasteiger partial charge in [0, 0.05) is 26.7 Å². The lowest BCUT2D eigenvalue weighted by Crippen LogP contribution is -2.54. The number of rotatable bonds is 2. The van der Waals surface area contributed by atoms with E-state index in [4.69, 9.17) is 0 Å². The van der Waals surface area contributed by atoms with Crippen LogP contribution in [0, 0.1) is 0 Å². The van der Waals surface area contributed by atoms with Gasteiger partial charge >= 0.3 is 0 Å². The first-order valence-electron chi connectivity index (χ1n) is 6.78. The van der Waals surface area contributed by atoms with Gasteiger partial charge in [0.15, 0.2) is 0 Å². The Balaban J connectivity index is 1.63. The van der Waals surface area contributed by atoms with E-state index in [0.717, 1.165) is 32.5 Å². The minimum atomic E-state index is -0.354. The summed E-state index contributed by atoms with van der Waals surface area (Å²) in [4.78, 5) is 20.3. The molecule has 1 aromatic rings. The van der Waals surface area contributed by atoms with Crippen molar-refractivity contribution in [3.8, 4) is 0 Å². The van der Waals surface area contributed by atoms with Gasteiger partial charge in [0.2, 0.25) is 0 Å². The van der Waals surface area contributed by atoms with Crippen LogP contribution in [0.1, 0.15) is 18.4 Å². The molecule has 2 aliphatic heterocycles. The van der Waals surface area contributed by atoms with Crippen LogP contribution in [-0.2, 0) is 11.3 Å². The molecule has 1 spiro atoms. The molecular formula is C15H19N3O. The van der Waals surface area contributed by atoms with Gasteiger partial charge in [-0.2, -0.15) is 0 Å². The van der Waals surface area contributed by atoms with Crippen molar-refractivity contribution < 1.29 is 4.79 Å². The van der Waals surface area contributed by atoms with E-state index in [0.29, 0.717) is 0 Å². The smallest absolute Gasteiger partial charge is 0.273 e. The zero-order valence-electron chi connectivity index (χ0n) is 11.2. The number of hydrogen-bond acceptors (Lipinski definition) is 3. The monoisotopic (exact) mass is 257 g/mol. The molecule has 0 saturated carbocycles. The Hall–Kier alpha value is -1.68. The Morgan fingerprint density at radius 3 is 2.47 bits per heavy atom. The van der Waals surface area contributed by atoms with E-state index in [2.05, 4.69) is 34.2 Å². The fourth-order valence-electron chi connectivity index (χ4n) is 3.01. The third-order valence-electron chi connectivity index (χ3n) is 4.35. The maximum absolute atomic E-state index is 12.0. The van der Waals surface area contributed by atoms with Gasteiger partial charge in [0.1, 0.15) is 5.54 Å². The van der Waals surface area contributed by atoms with Gasteiger partial charge in [-0.1, -0.05) is 30.3 Å². The minimum Gasteiger partial charge on any atom is -0.351 e. The van der Waals surface area contributed by atoms with Crippen molar-refractivity contribution >= 4 is 12.2 Å². The normalized spacial score (nSPS) is 22.4. The first-order chi connectivity index (χ1) is 9.21. The highest BCUT2D eigenvalue weighted by Gasteiger charge is 2.46. The molecule has 2 heterocycles. The lowest BCUT2D eigenvalue weighted by atomic mass is 9.86. The molecule has 3 rings (SSSR count). The molecule has 4 nitrogen and oxygen atoms in total. The molecule has 4 heteroatoms. The first kappa shape index (κ1) is 12.4. The molecule has 1 saturated heterocycles. The number of benzene rings is 1. The Kier molecular flexibility index (Phi) is 3.11. The lowest BCUT2D eigenvalue weighted by molar-refractivity contribution is -0.127. The van der Waals surface area contributed by atoms with E-state index < -0.39 is 0 Å². The molecule has 0 N–H and O–H groups in total. The van der Waals surface area contributed by atoms with Crippen LogP contribution in [0.25, 0.3) is 0 Å². The molecule has 0 aromatic heterocycles. The molecule has 0 aliphatic carbocycles. The minimum absolute atomic E-state index is 0.0364. The van der Waals surface area contributed by atoms with Gasteiger partial charge in [-0.25, -0.2) is 4.99 Å². The van der Waals surface area contributed by atoms with Gasteiger partial charge in [0.25, 0.3) is 5.91 Å². The lowest BCUT2D eigenvalue weighted by Gasteiger charge is -2.41. The molecule has 2 aliphatic rings. The fraction of sp³-hybridized carbons (Fsp3) is 0.467. The van der Waals surface area contributed by atoms with Crippen molar-refractivity contribution in [1.82, 2.24) is 9.80 Å². The summed E-state index contributed by atoms with van der Waals surface area (Å²) in [6, 6.07) is 10.5. The van der Waals surface area contributed by atoms with Crippen molar-refractivity contribution in [2.75, 3.05) is 20.1 Å². The summed E-state index contributed by atoms with van der Waals surface area (Å²) < 4.78 is 0. The number of hydrogen-bond donors (Lipinski definition) is 0. The summed E-state index contributed by atoms with van der Waals surface area (Å²) in [6.45, 7) is 2.87. The number of piperidine rings is 1. The quantitative estimate of drug-likeness (QED) is 0.806. The standard InChI is InChI=1S/C15H19N3O/c1-17-12-16-14(19)15(17)7-9-18(10-8-15)11-13-5-3-2-4-6-13/h2-6,12H,7-11H2,1H3. The number of amides is 1. The van der Waals surface area contributed by atoms with Crippen molar-refractivity contribution in [2.45, 2.75) is 24.9 Å². The van der Waals surface area contributed by atoms with Crippen LogP contribution in [0.3, 0.4) is 0 Å². The molecular weight excluding hydrogens is 238 g/mol. The van der Waals surface area contributed by atoms with Gasteiger partial charge in [-0.05, 0) is 18.4 Å². The number of carbonyl (C=O) groups excluding carboxylic acids is 1. The summed E-state index contributed by atoms with van der Waals surface area (Å²) in [5.74, 6) is 0.0364. The van der Waals surface area contributed by atoms with Crippen LogP contribution >= 0.6 is 0 Å². The number of likely N-dealkylation sites (N-methyl/N-ethyl adjacent to an activating group) is 1. The second-order valence-corrected chi connectivity index (χ2v) is 5.45. The van der Waals surface area contributed by atoms with Crippen LogP contribution < -0.4 is 0 Å². The highest BCUT2D eigenvalue weighted by Crippen LogP contribution is 2.32. The predicted octanol–water partition coefficient (Wildman–Crippen LogP) is 1.52. The topological polar surface area (TPSA) is 35.9 Å².